The van der Waals surface area contributed by atoms with Crippen LogP contribution in [0.25, 0.3) is 0 Å². The lowest BCUT2D eigenvalue weighted by Gasteiger charge is -2.33. The highest BCUT2D eigenvalue weighted by molar-refractivity contribution is 5.26. The first-order chi connectivity index (χ1) is 10.2. The Labute approximate surface area is 132 Å². The molecular formula is C21H34. The van der Waals surface area contributed by atoms with Gasteiger partial charge in [-0.15, -0.1) is 0 Å². The molecule has 1 aliphatic rings. The van der Waals surface area contributed by atoms with Gasteiger partial charge in [0, 0.05) is 0 Å². The molecule has 2 rings (SSSR count). The average molecular weight is 287 g/mol. The van der Waals surface area contributed by atoms with Gasteiger partial charge in [0.15, 0.2) is 0 Å². The van der Waals surface area contributed by atoms with Crippen molar-refractivity contribution in [2.24, 2.45) is 11.8 Å². The summed E-state index contributed by atoms with van der Waals surface area (Å²) in [7, 11) is 0. The molecule has 0 N–H and O–H groups in total. The number of benzene rings is 1. The minimum Gasteiger partial charge on any atom is -0.0654 e. The van der Waals surface area contributed by atoms with Crippen molar-refractivity contribution >= 4 is 0 Å². The fraction of sp³-hybridized carbons (Fsp3) is 0.714. The lowest BCUT2D eigenvalue weighted by Crippen LogP contribution is -2.19. The monoisotopic (exact) mass is 286 g/mol. The quantitative estimate of drug-likeness (QED) is 0.487. The molecule has 0 spiro atoms. The molecule has 1 aliphatic carbocycles. The van der Waals surface area contributed by atoms with Crippen LogP contribution in [-0.2, 0) is 6.42 Å². The smallest absolute Gasteiger partial charge is 0.0134 e. The van der Waals surface area contributed by atoms with Crippen molar-refractivity contribution in [1.29, 1.82) is 0 Å². The Morgan fingerprint density at radius 3 is 2.33 bits per heavy atom. The van der Waals surface area contributed by atoms with E-state index < -0.39 is 0 Å². The molecule has 1 aromatic carbocycles. The Morgan fingerprint density at radius 2 is 1.62 bits per heavy atom. The molecule has 1 aromatic rings. The lowest BCUT2D eigenvalue weighted by molar-refractivity contribution is 0.264. The second-order valence-corrected chi connectivity index (χ2v) is 7.41. The van der Waals surface area contributed by atoms with Crippen molar-refractivity contribution < 1.29 is 0 Å². The van der Waals surface area contributed by atoms with Crippen molar-refractivity contribution in [1.82, 2.24) is 0 Å². The van der Waals surface area contributed by atoms with Crippen molar-refractivity contribution in [2.45, 2.75) is 84.5 Å². The third kappa shape index (κ3) is 5.16. The highest BCUT2D eigenvalue weighted by Gasteiger charge is 2.26. The van der Waals surface area contributed by atoms with Gasteiger partial charge in [-0.2, -0.15) is 0 Å². The SMILES string of the molecule is CCCCCCCc1ccc(C2CC(C)CCC2C)cc1. The summed E-state index contributed by atoms with van der Waals surface area (Å²) in [4.78, 5) is 0. The summed E-state index contributed by atoms with van der Waals surface area (Å²) in [5.74, 6) is 2.57. The molecule has 0 aliphatic heterocycles. The maximum Gasteiger partial charge on any atom is -0.0134 e. The van der Waals surface area contributed by atoms with E-state index in [4.69, 9.17) is 0 Å². The summed E-state index contributed by atoms with van der Waals surface area (Å²) in [6.07, 6.45) is 12.4. The molecule has 3 atom stereocenters. The lowest BCUT2D eigenvalue weighted by atomic mass is 9.72. The van der Waals surface area contributed by atoms with Crippen molar-refractivity contribution in [2.75, 3.05) is 0 Å². The first-order valence-electron chi connectivity index (χ1n) is 9.29. The van der Waals surface area contributed by atoms with Crippen molar-refractivity contribution in [3.05, 3.63) is 35.4 Å². The Kier molecular flexibility index (Phi) is 6.80. The molecule has 21 heavy (non-hydrogen) atoms. The Morgan fingerprint density at radius 1 is 0.905 bits per heavy atom. The first-order valence-corrected chi connectivity index (χ1v) is 9.29. The van der Waals surface area contributed by atoms with Crippen LogP contribution in [0.4, 0.5) is 0 Å². The van der Waals surface area contributed by atoms with Gasteiger partial charge in [-0.1, -0.05) is 77.1 Å². The van der Waals surface area contributed by atoms with E-state index in [1.54, 1.807) is 5.56 Å². The van der Waals surface area contributed by atoms with Gasteiger partial charge in [-0.3, -0.25) is 0 Å². The van der Waals surface area contributed by atoms with E-state index in [0.29, 0.717) is 0 Å². The summed E-state index contributed by atoms with van der Waals surface area (Å²) < 4.78 is 0. The van der Waals surface area contributed by atoms with Crippen LogP contribution in [-0.4, -0.2) is 0 Å². The molecule has 3 unspecified atom stereocenters. The van der Waals surface area contributed by atoms with Gasteiger partial charge in [0.05, 0.1) is 0 Å². The molecule has 0 nitrogen and oxygen atoms in total. The number of unbranched alkanes of at least 4 members (excludes halogenated alkanes) is 4. The van der Waals surface area contributed by atoms with Crippen LogP contribution in [0, 0.1) is 11.8 Å². The van der Waals surface area contributed by atoms with Gasteiger partial charge in [0.1, 0.15) is 0 Å². The summed E-state index contributed by atoms with van der Waals surface area (Å²) in [5.41, 5.74) is 3.12. The average Bonchev–Trinajstić information content (AvgIpc) is 2.50. The molecule has 1 fully saturated rings. The molecule has 0 radical (unpaired) electrons. The molecule has 0 aromatic heterocycles. The maximum atomic E-state index is 2.44. The van der Waals surface area contributed by atoms with Gasteiger partial charge < -0.3 is 0 Å². The third-order valence-electron chi connectivity index (χ3n) is 5.43. The Hall–Kier alpha value is -0.780. The topological polar surface area (TPSA) is 0 Å². The number of aryl methyl sites for hydroxylation is 1. The zero-order chi connectivity index (χ0) is 15.1. The van der Waals surface area contributed by atoms with Crippen LogP contribution < -0.4 is 0 Å². The Bertz CT molecular complexity index is 389. The van der Waals surface area contributed by atoms with E-state index in [2.05, 4.69) is 45.0 Å². The number of rotatable bonds is 7. The number of hydrogen-bond acceptors (Lipinski definition) is 0. The van der Waals surface area contributed by atoms with Gasteiger partial charge >= 0.3 is 0 Å². The zero-order valence-electron chi connectivity index (χ0n) is 14.4. The molecule has 0 heterocycles. The minimum absolute atomic E-state index is 0.798. The van der Waals surface area contributed by atoms with E-state index in [-0.39, 0.29) is 0 Å². The molecule has 0 amide bonds. The molecule has 0 bridgehead atoms. The summed E-state index contributed by atoms with van der Waals surface area (Å²) in [6, 6.07) is 9.61. The highest BCUT2D eigenvalue weighted by Crippen LogP contribution is 2.40. The van der Waals surface area contributed by atoms with Crippen molar-refractivity contribution in [3.8, 4) is 0 Å². The van der Waals surface area contributed by atoms with E-state index in [9.17, 15) is 0 Å². The third-order valence-corrected chi connectivity index (χ3v) is 5.43. The minimum atomic E-state index is 0.798. The first kappa shape index (κ1) is 16.6. The molecular weight excluding hydrogens is 252 g/mol. The fourth-order valence-corrected chi connectivity index (χ4v) is 3.86. The van der Waals surface area contributed by atoms with Gasteiger partial charge in [-0.25, -0.2) is 0 Å². The largest absolute Gasteiger partial charge is 0.0654 e. The standard InChI is InChI=1S/C21H34/c1-4-5-6-7-8-9-19-12-14-20(15-13-19)21-16-17(2)10-11-18(21)3/h12-15,17-18,21H,4-11,16H2,1-3H3. The summed E-state index contributed by atoms with van der Waals surface area (Å²) in [5, 5.41) is 0. The predicted octanol–water partition coefficient (Wildman–Crippen LogP) is 6.74. The van der Waals surface area contributed by atoms with Crippen LogP contribution in [0.1, 0.15) is 89.2 Å². The van der Waals surface area contributed by atoms with Crippen LogP contribution >= 0.6 is 0 Å². The molecule has 0 heteroatoms. The van der Waals surface area contributed by atoms with E-state index >= 15 is 0 Å². The van der Waals surface area contributed by atoms with Crippen LogP contribution in [0.5, 0.6) is 0 Å². The summed E-state index contributed by atoms with van der Waals surface area (Å²) >= 11 is 0. The fourth-order valence-electron chi connectivity index (χ4n) is 3.86. The molecule has 0 saturated heterocycles. The van der Waals surface area contributed by atoms with Crippen molar-refractivity contribution in [3.63, 3.8) is 0 Å². The van der Waals surface area contributed by atoms with Gasteiger partial charge in [-0.05, 0) is 54.6 Å². The van der Waals surface area contributed by atoms with Crippen LogP contribution in [0.2, 0.25) is 0 Å². The van der Waals surface area contributed by atoms with E-state index in [1.807, 2.05) is 0 Å². The Balaban J connectivity index is 1.83. The highest BCUT2D eigenvalue weighted by atomic mass is 14.3. The zero-order valence-corrected chi connectivity index (χ0v) is 14.4. The van der Waals surface area contributed by atoms with Crippen LogP contribution in [0.3, 0.4) is 0 Å². The maximum absolute atomic E-state index is 2.44. The number of hydrogen-bond donors (Lipinski definition) is 0. The van der Waals surface area contributed by atoms with Gasteiger partial charge in [0.25, 0.3) is 0 Å². The predicted molar refractivity (Wildman–Crippen MR) is 93.8 cm³/mol. The molecule has 1 saturated carbocycles. The normalized spacial score (nSPS) is 26.0. The van der Waals surface area contributed by atoms with E-state index in [0.717, 1.165) is 17.8 Å². The van der Waals surface area contributed by atoms with Gasteiger partial charge in [0.2, 0.25) is 0 Å². The van der Waals surface area contributed by atoms with Crippen LogP contribution in [0.15, 0.2) is 24.3 Å². The summed E-state index contributed by atoms with van der Waals surface area (Å²) in [6.45, 7) is 7.15. The second kappa shape index (κ2) is 8.61. The second-order valence-electron chi connectivity index (χ2n) is 7.41. The molecule has 118 valence electrons. The van der Waals surface area contributed by atoms with E-state index in [1.165, 1.54) is 63.4 Å².